The molecule has 0 aliphatic rings. The fraction of sp³-hybridized carbons (Fsp3) is 0.308. The number of anilines is 1. The third kappa shape index (κ3) is 3.49. The third-order valence-corrected chi connectivity index (χ3v) is 2.68. The molecule has 0 spiro atoms. The third-order valence-electron chi connectivity index (χ3n) is 2.68. The first-order valence-corrected chi connectivity index (χ1v) is 5.85. The van der Waals surface area contributed by atoms with E-state index in [0.29, 0.717) is 6.54 Å². The van der Waals surface area contributed by atoms with Gasteiger partial charge in [-0.2, -0.15) is 13.2 Å². The van der Waals surface area contributed by atoms with Gasteiger partial charge in [-0.25, -0.2) is 4.98 Å². The predicted molar refractivity (Wildman–Crippen MR) is 66.8 cm³/mol. The maximum Gasteiger partial charge on any atom is 0.418 e. The lowest BCUT2D eigenvalue weighted by atomic mass is 10.1. The highest BCUT2D eigenvalue weighted by Gasteiger charge is 2.33. The Labute approximate surface area is 109 Å². The molecule has 1 aromatic heterocycles. The second-order valence-corrected chi connectivity index (χ2v) is 4.35. The van der Waals surface area contributed by atoms with Crippen LogP contribution in [-0.4, -0.2) is 15.6 Å². The van der Waals surface area contributed by atoms with Crippen LogP contribution >= 0.6 is 0 Å². The van der Waals surface area contributed by atoms with Crippen molar-refractivity contribution in [3.05, 3.63) is 48.5 Å². The average Bonchev–Trinajstić information content (AvgIpc) is 2.81. The zero-order valence-electron chi connectivity index (χ0n) is 10.4. The van der Waals surface area contributed by atoms with Crippen LogP contribution in [0.4, 0.5) is 18.9 Å². The second-order valence-electron chi connectivity index (χ2n) is 4.35. The van der Waals surface area contributed by atoms with E-state index < -0.39 is 11.7 Å². The standard InChI is InChI=1S/C13H14F3N3/c1-10(8-19-7-6-17-9-19)18-12-5-3-2-4-11(12)13(14,15)16/h2-7,9-10,18H,8H2,1H3. The molecule has 1 unspecified atom stereocenters. The van der Waals surface area contributed by atoms with Gasteiger partial charge in [0.25, 0.3) is 0 Å². The van der Waals surface area contributed by atoms with Crippen molar-refractivity contribution in [3.63, 3.8) is 0 Å². The molecule has 1 aromatic carbocycles. The molecule has 6 heteroatoms. The maximum absolute atomic E-state index is 12.8. The van der Waals surface area contributed by atoms with Crippen molar-refractivity contribution in [2.75, 3.05) is 5.32 Å². The van der Waals surface area contributed by atoms with Crippen molar-refractivity contribution in [3.8, 4) is 0 Å². The molecule has 0 saturated carbocycles. The zero-order chi connectivity index (χ0) is 13.9. The van der Waals surface area contributed by atoms with Crippen LogP contribution in [0.1, 0.15) is 12.5 Å². The van der Waals surface area contributed by atoms with E-state index in [9.17, 15) is 13.2 Å². The highest BCUT2D eigenvalue weighted by atomic mass is 19.4. The van der Waals surface area contributed by atoms with Gasteiger partial charge in [-0.05, 0) is 19.1 Å². The zero-order valence-corrected chi connectivity index (χ0v) is 10.4. The quantitative estimate of drug-likeness (QED) is 0.921. The Morgan fingerprint density at radius 3 is 2.68 bits per heavy atom. The Morgan fingerprint density at radius 1 is 1.32 bits per heavy atom. The molecular weight excluding hydrogens is 255 g/mol. The lowest BCUT2D eigenvalue weighted by molar-refractivity contribution is -0.137. The summed E-state index contributed by atoms with van der Waals surface area (Å²) >= 11 is 0. The summed E-state index contributed by atoms with van der Waals surface area (Å²) in [5.74, 6) is 0. The van der Waals surface area contributed by atoms with Crippen LogP contribution in [0.2, 0.25) is 0 Å². The normalized spacial score (nSPS) is 13.3. The van der Waals surface area contributed by atoms with E-state index in [1.807, 2.05) is 11.5 Å². The molecule has 0 radical (unpaired) electrons. The van der Waals surface area contributed by atoms with Crippen molar-refractivity contribution in [1.82, 2.24) is 9.55 Å². The number of para-hydroxylation sites is 1. The van der Waals surface area contributed by atoms with Crippen LogP contribution in [-0.2, 0) is 12.7 Å². The van der Waals surface area contributed by atoms with E-state index in [4.69, 9.17) is 0 Å². The van der Waals surface area contributed by atoms with Gasteiger partial charge in [0, 0.05) is 30.7 Å². The van der Waals surface area contributed by atoms with Crippen molar-refractivity contribution < 1.29 is 13.2 Å². The molecule has 0 amide bonds. The van der Waals surface area contributed by atoms with E-state index >= 15 is 0 Å². The predicted octanol–water partition coefficient (Wildman–Crippen LogP) is 3.40. The molecule has 19 heavy (non-hydrogen) atoms. The van der Waals surface area contributed by atoms with E-state index in [0.717, 1.165) is 6.07 Å². The van der Waals surface area contributed by atoms with Gasteiger partial charge in [0.15, 0.2) is 0 Å². The molecule has 1 atom stereocenters. The summed E-state index contributed by atoms with van der Waals surface area (Å²) in [7, 11) is 0. The number of hydrogen-bond donors (Lipinski definition) is 1. The summed E-state index contributed by atoms with van der Waals surface area (Å²) in [6.45, 7) is 2.37. The van der Waals surface area contributed by atoms with E-state index in [2.05, 4.69) is 10.3 Å². The van der Waals surface area contributed by atoms with Gasteiger partial charge in [-0.15, -0.1) is 0 Å². The molecule has 0 fully saturated rings. The van der Waals surface area contributed by atoms with Crippen LogP contribution in [0, 0.1) is 0 Å². The van der Waals surface area contributed by atoms with E-state index in [1.54, 1.807) is 24.8 Å². The smallest absolute Gasteiger partial charge is 0.380 e. The lowest BCUT2D eigenvalue weighted by Gasteiger charge is -2.19. The van der Waals surface area contributed by atoms with Crippen LogP contribution < -0.4 is 5.32 Å². The van der Waals surface area contributed by atoms with Gasteiger partial charge in [0.05, 0.1) is 11.9 Å². The number of halogens is 3. The van der Waals surface area contributed by atoms with Crippen LogP contribution in [0.3, 0.4) is 0 Å². The fourth-order valence-electron chi connectivity index (χ4n) is 1.88. The van der Waals surface area contributed by atoms with Crippen molar-refractivity contribution in [2.45, 2.75) is 25.7 Å². The molecule has 2 aromatic rings. The van der Waals surface area contributed by atoms with Crippen molar-refractivity contribution in [1.29, 1.82) is 0 Å². The van der Waals surface area contributed by atoms with Crippen LogP contribution in [0.15, 0.2) is 43.0 Å². The lowest BCUT2D eigenvalue weighted by Crippen LogP contribution is -2.23. The van der Waals surface area contributed by atoms with E-state index in [1.165, 1.54) is 12.1 Å². The molecule has 1 N–H and O–H groups in total. The average molecular weight is 269 g/mol. The van der Waals surface area contributed by atoms with Gasteiger partial charge in [0.2, 0.25) is 0 Å². The molecule has 1 heterocycles. The largest absolute Gasteiger partial charge is 0.418 e. The number of alkyl halides is 3. The molecule has 3 nitrogen and oxygen atoms in total. The Balaban J connectivity index is 2.10. The molecular formula is C13H14F3N3. The summed E-state index contributed by atoms with van der Waals surface area (Å²) in [5, 5.41) is 2.89. The number of nitrogens with zero attached hydrogens (tertiary/aromatic N) is 2. The topological polar surface area (TPSA) is 29.9 Å². The SMILES string of the molecule is CC(Cn1ccnc1)Nc1ccccc1C(F)(F)F. The van der Waals surface area contributed by atoms with Gasteiger partial charge in [0.1, 0.15) is 0 Å². The second kappa shape index (κ2) is 5.34. The molecule has 0 saturated heterocycles. The number of benzene rings is 1. The Bertz CT molecular complexity index is 520. The molecule has 102 valence electrons. The number of rotatable bonds is 4. The van der Waals surface area contributed by atoms with Gasteiger partial charge in [-0.1, -0.05) is 12.1 Å². The Hall–Kier alpha value is -1.98. The van der Waals surface area contributed by atoms with Crippen molar-refractivity contribution >= 4 is 5.69 Å². The summed E-state index contributed by atoms with van der Waals surface area (Å²) in [6.07, 6.45) is 0.691. The first-order valence-electron chi connectivity index (χ1n) is 5.85. The van der Waals surface area contributed by atoms with Crippen LogP contribution in [0.5, 0.6) is 0 Å². The van der Waals surface area contributed by atoms with Gasteiger partial charge < -0.3 is 9.88 Å². The number of nitrogens with one attached hydrogen (secondary N) is 1. The van der Waals surface area contributed by atoms with E-state index in [-0.39, 0.29) is 11.7 Å². The highest BCUT2D eigenvalue weighted by Crippen LogP contribution is 2.34. The molecule has 2 rings (SSSR count). The monoisotopic (exact) mass is 269 g/mol. The number of imidazole rings is 1. The number of hydrogen-bond acceptors (Lipinski definition) is 2. The summed E-state index contributed by atoms with van der Waals surface area (Å²) in [5.41, 5.74) is -0.546. The fourth-order valence-corrected chi connectivity index (χ4v) is 1.88. The minimum atomic E-state index is -4.35. The maximum atomic E-state index is 12.8. The number of aromatic nitrogens is 2. The first kappa shape index (κ1) is 13.5. The minimum Gasteiger partial charge on any atom is -0.380 e. The first-order chi connectivity index (χ1) is 8.97. The van der Waals surface area contributed by atoms with Crippen molar-refractivity contribution in [2.24, 2.45) is 0 Å². The molecule has 0 aliphatic heterocycles. The summed E-state index contributed by atoms with van der Waals surface area (Å²) in [4.78, 5) is 3.89. The Morgan fingerprint density at radius 2 is 2.05 bits per heavy atom. The summed E-state index contributed by atoms with van der Waals surface area (Å²) in [6, 6.07) is 5.34. The molecule has 0 bridgehead atoms. The van der Waals surface area contributed by atoms with Gasteiger partial charge >= 0.3 is 6.18 Å². The minimum absolute atomic E-state index is 0.0996. The Kier molecular flexibility index (Phi) is 3.78. The summed E-state index contributed by atoms with van der Waals surface area (Å²) < 4.78 is 40.3. The van der Waals surface area contributed by atoms with Gasteiger partial charge in [-0.3, -0.25) is 0 Å². The molecule has 0 aliphatic carbocycles. The highest BCUT2D eigenvalue weighted by molar-refractivity contribution is 5.53. The van der Waals surface area contributed by atoms with Crippen LogP contribution in [0.25, 0.3) is 0 Å².